The molecular formula is C16H13N3O6. The maximum absolute atomic E-state index is 11.2. The number of nitrogens with one attached hydrogen (secondary N) is 1. The van der Waals surface area contributed by atoms with Gasteiger partial charge in [0.2, 0.25) is 5.89 Å². The number of benzene rings is 2. The minimum Gasteiger partial charge on any atom is -0.484 e. The second-order valence-corrected chi connectivity index (χ2v) is 4.92. The molecule has 1 N–H and O–H groups in total. The van der Waals surface area contributed by atoms with Crippen LogP contribution in [-0.4, -0.2) is 23.1 Å². The summed E-state index contributed by atoms with van der Waals surface area (Å²) in [6.45, 7) is 0.00953. The van der Waals surface area contributed by atoms with Crippen LogP contribution in [0.2, 0.25) is 0 Å². The highest BCUT2D eigenvalue weighted by Gasteiger charge is 2.18. The van der Waals surface area contributed by atoms with Gasteiger partial charge in [-0.1, -0.05) is 12.1 Å². The Hall–Kier alpha value is -3.62. The van der Waals surface area contributed by atoms with Crippen molar-refractivity contribution in [1.29, 1.82) is 0 Å². The molecule has 0 bridgehead atoms. The Morgan fingerprint density at radius 3 is 2.84 bits per heavy atom. The van der Waals surface area contributed by atoms with E-state index >= 15 is 0 Å². The summed E-state index contributed by atoms with van der Waals surface area (Å²) in [6.07, 6.45) is -0.803. The first-order valence-electron chi connectivity index (χ1n) is 7.17. The number of methoxy groups -OCH3 is 1. The van der Waals surface area contributed by atoms with Gasteiger partial charge in [0.15, 0.2) is 12.2 Å². The van der Waals surface area contributed by atoms with Crippen molar-refractivity contribution >= 4 is 28.6 Å². The lowest BCUT2D eigenvalue weighted by atomic mass is 10.2. The van der Waals surface area contributed by atoms with Gasteiger partial charge in [-0.3, -0.25) is 15.4 Å². The van der Waals surface area contributed by atoms with Gasteiger partial charge in [-0.2, -0.15) is 0 Å². The molecule has 0 fully saturated rings. The van der Waals surface area contributed by atoms with Gasteiger partial charge >= 0.3 is 6.09 Å². The van der Waals surface area contributed by atoms with E-state index in [1.165, 1.54) is 25.3 Å². The molecule has 0 atom stereocenters. The van der Waals surface area contributed by atoms with Gasteiger partial charge in [-0.05, 0) is 24.3 Å². The molecule has 25 heavy (non-hydrogen) atoms. The van der Waals surface area contributed by atoms with Crippen molar-refractivity contribution in [3.63, 3.8) is 0 Å². The highest BCUT2D eigenvalue weighted by atomic mass is 16.6. The predicted octanol–water partition coefficient (Wildman–Crippen LogP) is 3.49. The van der Waals surface area contributed by atoms with E-state index in [2.05, 4.69) is 15.0 Å². The lowest BCUT2D eigenvalue weighted by Crippen LogP contribution is -2.12. The van der Waals surface area contributed by atoms with E-state index < -0.39 is 11.0 Å². The van der Waals surface area contributed by atoms with Gasteiger partial charge in [0.25, 0.3) is 5.69 Å². The number of nitrogens with zero attached hydrogens (tertiary/aromatic N) is 2. The van der Waals surface area contributed by atoms with Gasteiger partial charge in [-0.15, -0.1) is 0 Å². The summed E-state index contributed by atoms with van der Waals surface area (Å²) in [5.41, 5.74) is 1.01. The number of carbonyl (C=O) groups excluding carboxylic acids is 1. The van der Waals surface area contributed by atoms with Gasteiger partial charge in [0, 0.05) is 0 Å². The Morgan fingerprint density at radius 2 is 2.12 bits per heavy atom. The number of carbonyl (C=O) groups is 1. The number of nitro benzene ring substituents is 1. The number of hydrogen-bond donors (Lipinski definition) is 1. The molecule has 0 saturated carbocycles. The first-order valence-corrected chi connectivity index (χ1v) is 7.17. The van der Waals surface area contributed by atoms with E-state index in [4.69, 9.17) is 9.15 Å². The summed E-state index contributed by atoms with van der Waals surface area (Å²) in [6, 6.07) is 11.3. The van der Waals surface area contributed by atoms with Crippen LogP contribution in [0.1, 0.15) is 5.89 Å². The Kier molecular flexibility index (Phi) is 4.46. The van der Waals surface area contributed by atoms with Crippen LogP contribution in [0.4, 0.5) is 16.2 Å². The van der Waals surface area contributed by atoms with Crippen LogP contribution in [-0.2, 0) is 11.3 Å². The minimum atomic E-state index is -0.803. The van der Waals surface area contributed by atoms with Crippen molar-refractivity contribution in [3.8, 4) is 5.75 Å². The van der Waals surface area contributed by atoms with Crippen LogP contribution < -0.4 is 10.1 Å². The summed E-state index contributed by atoms with van der Waals surface area (Å²) in [7, 11) is 1.17. The van der Waals surface area contributed by atoms with Gasteiger partial charge in [0.1, 0.15) is 17.0 Å². The molecule has 3 aromatic rings. The smallest absolute Gasteiger partial charge is 0.411 e. The molecule has 3 rings (SSSR count). The average molecular weight is 343 g/mol. The van der Waals surface area contributed by atoms with E-state index in [9.17, 15) is 14.9 Å². The van der Waals surface area contributed by atoms with Crippen LogP contribution in [0.5, 0.6) is 5.75 Å². The molecule has 0 spiro atoms. The summed E-state index contributed by atoms with van der Waals surface area (Å²) in [5, 5.41) is 13.4. The lowest BCUT2D eigenvalue weighted by molar-refractivity contribution is -0.384. The number of ether oxygens (including phenoxy) is 2. The molecule has 9 nitrogen and oxygen atoms in total. The molecule has 9 heteroatoms. The average Bonchev–Trinajstić information content (AvgIpc) is 3.03. The standard InChI is InChI=1S/C16H13N3O6/c1-23-16(20)18-11-7-6-10(8-13(11)19(21)22)24-9-15-17-12-4-2-3-5-14(12)25-15/h2-8H,9H2,1H3,(H,18,20). The van der Waals surface area contributed by atoms with E-state index in [0.717, 1.165) is 0 Å². The van der Waals surface area contributed by atoms with Crippen molar-refractivity contribution in [2.75, 3.05) is 12.4 Å². The zero-order valence-electron chi connectivity index (χ0n) is 13.1. The molecule has 0 aliphatic carbocycles. The number of amides is 1. The summed E-state index contributed by atoms with van der Waals surface area (Å²) >= 11 is 0. The van der Waals surface area contributed by atoms with Crippen LogP contribution in [0.3, 0.4) is 0 Å². The quantitative estimate of drug-likeness (QED) is 0.556. The molecule has 1 amide bonds. The second-order valence-electron chi connectivity index (χ2n) is 4.92. The van der Waals surface area contributed by atoms with E-state index in [1.807, 2.05) is 12.1 Å². The molecule has 0 unspecified atom stereocenters. The summed E-state index contributed by atoms with van der Waals surface area (Å²) < 4.78 is 15.4. The van der Waals surface area contributed by atoms with E-state index in [1.54, 1.807) is 12.1 Å². The maximum Gasteiger partial charge on any atom is 0.411 e. The van der Waals surface area contributed by atoms with Gasteiger partial charge < -0.3 is 13.9 Å². The molecular weight excluding hydrogens is 330 g/mol. The number of nitro groups is 1. The summed E-state index contributed by atoms with van der Waals surface area (Å²) in [4.78, 5) is 26.0. The Morgan fingerprint density at radius 1 is 1.32 bits per heavy atom. The molecule has 0 aliphatic rings. The van der Waals surface area contributed by atoms with Crippen molar-refractivity contribution in [2.24, 2.45) is 0 Å². The van der Waals surface area contributed by atoms with Crippen molar-refractivity contribution < 1.29 is 23.6 Å². The van der Waals surface area contributed by atoms with Gasteiger partial charge in [0.05, 0.1) is 18.1 Å². The SMILES string of the molecule is COC(=O)Nc1ccc(OCc2nc3ccccc3o2)cc1[N+](=O)[O-]. The van der Waals surface area contributed by atoms with Crippen LogP contribution in [0.15, 0.2) is 46.9 Å². The molecule has 0 radical (unpaired) electrons. The molecule has 1 heterocycles. The predicted molar refractivity (Wildman–Crippen MR) is 87.5 cm³/mol. The number of oxazole rings is 1. The first-order chi connectivity index (χ1) is 12.1. The minimum absolute atomic E-state index is 0.00561. The van der Waals surface area contributed by atoms with Gasteiger partial charge in [-0.25, -0.2) is 9.78 Å². The van der Waals surface area contributed by atoms with Crippen molar-refractivity contribution in [1.82, 2.24) is 4.98 Å². The first kappa shape index (κ1) is 16.2. The Balaban J connectivity index is 1.76. The second kappa shape index (κ2) is 6.87. The fourth-order valence-corrected chi connectivity index (χ4v) is 2.15. The third-order valence-electron chi connectivity index (χ3n) is 3.29. The third kappa shape index (κ3) is 3.66. The number of rotatable bonds is 5. The number of para-hydroxylation sites is 2. The number of hydrogen-bond acceptors (Lipinski definition) is 7. The highest BCUT2D eigenvalue weighted by molar-refractivity contribution is 5.88. The largest absolute Gasteiger partial charge is 0.484 e. The molecule has 0 saturated heterocycles. The zero-order chi connectivity index (χ0) is 17.8. The monoisotopic (exact) mass is 343 g/mol. The van der Waals surface area contributed by atoms with Crippen molar-refractivity contribution in [2.45, 2.75) is 6.61 Å². The molecule has 2 aromatic carbocycles. The van der Waals surface area contributed by atoms with Crippen molar-refractivity contribution in [3.05, 3.63) is 58.5 Å². The normalized spacial score (nSPS) is 10.4. The maximum atomic E-state index is 11.2. The lowest BCUT2D eigenvalue weighted by Gasteiger charge is -2.07. The Bertz CT molecular complexity index is 904. The number of anilines is 1. The molecule has 128 valence electrons. The summed E-state index contributed by atoms with van der Waals surface area (Å²) in [5.74, 6) is 0.588. The Labute approximate surface area is 141 Å². The zero-order valence-corrected chi connectivity index (χ0v) is 13.1. The number of fused-ring (bicyclic) bond motifs is 1. The van der Waals surface area contributed by atoms with Crippen LogP contribution in [0, 0.1) is 10.1 Å². The van der Waals surface area contributed by atoms with E-state index in [-0.39, 0.29) is 23.7 Å². The fourth-order valence-electron chi connectivity index (χ4n) is 2.15. The number of aromatic nitrogens is 1. The third-order valence-corrected chi connectivity index (χ3v) is 3.29. The van der Waals surface area contributed by atoms with Crippen LogP contribution in [0.25, 0.3) is 11.1 Å². The topological polar surface area (TPSA) is 117 Å². The van der Waals surface area contributed by atoms with E-state index in [0.29, 0.717) is 17.0 Å². The molecule has 1 aromatic heterocycles. The van der Waals surface area contributed by atoms with Crippen LogP contribution >= 0.6 is 0 Å². The highest BCUT2D eigenvalue weighted by Crippen LogP contribution is 2.29. The molecule has 0 aliphatic heterocycles. The fraction of sp³-hybridized carbons (Fsp3) is 0.125.